The minimum absolute atomic E-state index is 0.194. The Balaban J connectivity index is 2.49. The summed E-state index contributed by atoms with van der Waals surface area (Å²) in [5.41, 5.74) is 1.06. The first-order valence-electron chi connectivity index (χ1n) is 5.49. The van der Waals surface area contributed by atoms with Gasteiger partial charge in [0.15, 0.2) is 0 Å². The zero-order valence-corrected chi connectivity index (χ0v) is 10.0. The van der Waals surface area contributed by atoms with Gasteiger partial charge in [0.05, 0.1) is 18.0 Å². The summed E-state index contributed by atoms with van der Waals surface area (Å²) in [7, 11) is 1.73. The summed E-state index contributed by atoms with van der Waals surface area (Å²) < 4.78 is 7.20. The summed E-state index contributed by atoms with van der Waals surface area (Å²) in [6.07, 6.45) is 5.18. The first kappa shape index (κ1) is 12.0. The van der Waals surface area contributed by atoms with Crippen LogP contribution in [0.3, 0.4) is 0 Å². The zero-order chi connectivity index (χ0) is 11.3. The molecule has 0 aliphatic heterocycles. The van der Waals surface area contributed by atoms with Crippen molar-refractivity contribution in [1.82, 2.24) is 9.78 Å². The summed E-state index contributed by atoms with van der Waals surface area (Å²) in [4.78, 5) is 0. The highest BCUT2D eigenvalue weighted by molar-refractivity contribution is 5.39. The maximum absolute atomic E-state index is 5.25. The normalized spacial score (nSPS) is 14.9. The second kappa shape index (κ2) is 5.75. The van der Waals surface area contributed by atoms with Crippen LogP contribution in [0.1, 0.15) is 27.2 Å². The summed E-state index contributed by atoms with van der Waals surface area (Å²) in [6.45, 7) is 7.26. The molecule has 2 atom stereocenters. The van der Waals surface area contributed by atoms with Gasteiger partial charge in [-0.2, -0.15) is 5.10 Å². The fourth-order valence-corrected chi connectivity index (χ4v) is 1.37. The molecular weight excluding hydrogens is 190 g/mol. The lowest BCUT2D eigenvalue weighted by molar-refractivity contribution is 0.106. The lowest BCUT2D eigenvalue weighted by atomic mass is 10.2. The van der Waals surface area contributed by atoms with E-state index in [4.69, 9.17) is 4.74 Å². The van der Waals surface area contributed by atoms with E-state index in [9.17, 15) is 0 Å². The number of rotatable bonds is 6. The third-order valence-electron chi connectivity index (χ3n) is 2.56. The first-order chi connectivity index (χ1) is 7.17. The van der Waals surface area contributed by atoms with Crippen molar-refractivity contribution in [2.45, 2.75) is 45.9 Å². The van der Waals surface area contributed by atoms with E-state index >= 15 is 0 Å². The third kappa shape index (κ3) is 3.55. The molecule has 4 nitrogen and oxygen atoms in total. The molecule has 0 amide bonds. The lowest BCUT2D eigenvalue weighted by Crippen LogP contribution is -2.29. The van der Waals surface area contributed by atoms with Crippen molar-refractivity contribution in [2.24, 2.45) is 0 Å². The van der Waals surface area contributed by atoms with Crippen LogP contribution in [0.25, 0.3) is 0 Å². The van der Waals surface area contributed by atoms with E-state index in [0.29, 0.717) is 0 Å². The highest BCUT2D eigenvalue weighted by Gasteiger charge is 2.11. The average Bonchev–Trinajstić information content (AvgIpc) is 2.65. The smallest absolute Gasteiger partial charge is 0.0741 e. The minimum atomic E-state index is 0.194. The molecule has 2 unspecified atom stereocenters. The van der Waals surface area contributed by atoms with Crippen molar-refractivity contribution in [2.75, 3.05) is 12.4 Å². The molecule has 1 heterocycles. The molecule has 0 aromatic carbocycles. The van der Waals surface area contributed by atoms with Crippen molar-refractivity contribution in [1.29, 1.82) is 0 Å². The Kier molecular flexibility index (Phi) is 4.62. The van der Waals surface area contributed by atoms with Crippen LogP contribution in [0.15, 0.2) is 12.4 Å². The predicted molar refractivity (Wildman–Crippen MR) is 62.1 cm³/mol. The molecule has 0 bridgehead atoms. The van der Waals surface area contributed by atoms with E-state index in [2.05, 4.69) is 24.3 Å². The van der Waals surface area contributed by atoms with Gasteiger partial charge in [0.2, 0.25) is 0 Å². The quantitative estimate of drug-likeness (QED) is 0.783. The average molecular weight is 211 g/mol. The molecule has 0 aliphatic rings. The Morgan fingerprint density at radius 2 is 2.27 bits per heavy atom. The molecule has 0 saturated heterocycles. The fraction of sp³-hybridized carbons (Fsp3) is 0.727. The molecule has 15 heavy (non-hydrogen) atoms. The van der Waals surface area contributed by atoms with E-state index in [1.165, 1.54) is 0 Å². The van der Waals surface area contributed by atoms with Gasteiger partial charge in [0.25, 0.3) is 0 Å². The number of aromatic nitrogens is 2. The predicted octanol–water partition coefficient (Wildman–Crippen LogP) is 2.13. The molecule has 86 valence electrons. The van der Waals surface area contributed by atoms with Gasteiger partial charge in [0, 0.05) is 25.9 Å². The van der Waals surface area contributed by atoms with Crippen LogP contribution >= 0.6 is 0 Å². The van der Waals surface area contributed by atoms with Crippen LogP contribution < -0.4 is 5.32 Å². The highest BCUT2D eigenvalue weighted by atomic mass is 16.5. The molecule has 1 N–H and O–H groups in total. The van der Waals surface area contributed by atoms with Crippen LogP contribution in [-0.4, -0.2) is 29.0 Å². The van der Waals surface area contributed by atoms with Gasteiger partial charge in [-0.25, -0.2) is 0 Å². The lowest BCUT2D eigenvalue weighted by Gasteiger charge is -2.19. The second-order valence-corrected chi connectivity index (χ2v) is 3.87. The Morgan fingerprint density at radius 3 is 2.87 bits per heavy atom. The van der Waals surface area contributed by atoms with E-state index in [1.54, 1.807) is 7.11 Å². The first-order valence-corrected chi connectivity index (χ1v) is 5.49. The SMILES string of the molecule is CCCn1cc(NC(C)C(C)OC)cn1. The number of hydrogen-bond donors (Lipinski definition) is 1. The monoisotopic (exact) mass is 211 g/mol. The summed E-state index contributed by atoms with van der Waals surface area (Å²) in [5.74, 6) is 0. The molecule has 0 saturated carbocycles. The number of hydrogen-bond acceptors (Lipinski definition) is 3. The van der Waals surface area contributed by atoms with E-state index in [-0.39, 0.29) is 12.1 Å². The number of anilines is 1. The largest absolute Gasteiger partial charge is 0.380 e. The number of ether oxygens (including phenoxy) is 1. The standard InChI is InChI=1S/C11H21N3O/c1-5-6-14-8-11(7-12-14)13-9(2)10(3)15-4/h7-10,13H,5-6H2,1-4H3. The van der Waals surface area contributed by atoms with Gasteiger partial charge in [0.1, 0.15) is 0 Å². The Hall–Kier alpha value is -1.03. The van der Waals surface area contributed by atoms with Gasteiger partial charge < -0.3 is 10.1 Å². The highest BCUT2D eigenvalue weighted by Crippen LogP contribution is 2.09. The Bertz CT molecular complexity index is 285. The van der Waals surface area contributed by atoms with Crippen molar-refractivity contribution < 1.29 is 4.74 Å². The molecule has 0 spiro atoms. The van der Waals surface area contributed by atoms with Crippen molar-refractivity contribution in [3.8, 4) is 0 Å². The minimum Gasteiger partial charge on any atom is -0.380 e. The van der Waals surface area contributed by atoms with Crippen LogP contribution in [0, 0.1) is 0 Å². The van der Waals surface area contributed by atoms with Gasteiger partial charge in [-0.15, -0.1) is 0 Å². The van der Waals surface area contributed by atoms with Crippen molar-refractivity contribution in [3.05, 3.63) is 12.4 Å². The third-order valence-corrected chi connectivity index (χ3v) is 2.56. The number of methoxy groups -OCH3 is 1. The van der Waals surface area contributed by atoms with Gasteiger partial charge in [-0.3, -0.25) is 4.68 Å². The molecule has 0 fully saturated rings. The number of nitrogens with zero attached hydrogens (tertiary/aromatic N) is 2. The Labute approximate surface area is 91.6 Å². The topological polar surface area (TPSA) is 39.1 Å². The van der Waals surface area contributed by atoms with E-state index in [1.807, 2.05) is 24.0 Å². The maximum atomic E-state index is 5.25. The summed E-state index contributed by atoms with van der Waals surface area (Å²) >= 11 is 0. The van der Waals surface area contributed by atoms with Crippen molar-refractivity contribution in [3.63, 3.8) is 0 Å². The summed E-state index contributed by atoms with van der Waals surface area (Å²) in [5, 5.41) is 7.62. The van der Waals surface area contributed by atoms with Crippen LogP contribution in [0.4, 0.5) is 5.69 Å². The molecule has 1 aromatic heterocycles. The van der Waals surface area contributed by atoms with Gasteiger partial charge >= 0.3 is 0 Å². The van der Waals surface area contributed by atoms with Crippen LogP contribution in [-0.2, 0) is 11.3 Å². The maximum Gasteiger partial charge on any atom is 0.0741 e. The zero-order valence-electron chi connectivity index (χ0n) is 10.0. The van der Waals surface area contributed by atoms with Gasteiger partial charge in [-0.1, -0.05) is 6.92 Å². The van der Waals surface area contributed by atoms with E-state index < -0.39 is 0 Å². The number of aryl methyl sites for hydroxylation is 1. The van der Waals surface area contributed by atoms with Crippen LogP contribution in [0.2, 0.25) is 0 Å². The molecule has 0 aliphatic carbocycles. The van der Waals surface area contributed by atoms with Crippen molar-refractivity contribution >= 4 is 5.69 Å². The Morgan fingerprint density at radius 1 is 1.53 bits per heavy atom. The molecule has 4 heteroatoms. The number of nitrogens with one attached hydrogen (secondary N) is 1. The molecule has 0 radical (unpaired) electrons. The summed E-state index contributed by atoms with van der Waals surface area (Å²) in [6, 6.07) is 0.286. The van der Waals surface area contributed by atoms with Gasteiger partial charge in [-0.05, 0) is 20.3 Å². The van der Waals surface area contributed by atoms with E-state index in [0.717, 1.165) is 18.7 Å². The van der Waals surface area contributed by atoms with Crippen LogP contribution in [0.5, 0.6) is 0 Å². The molecular formula is C11H21N3O. The molecule has 1 aromatic rings. The molecule has 1 rings (SSSR count). The fourth-order valence-electron chi connectivity index (χ4n) is 1.37. The second-order valence-electron chi connectivity index (χ2n) is 3.87.